The number of rotatable bonds is 2. The van der Waals surface area contributed by atoms with Crippen LogP contribution in [0, 0.1) is 13.0 Å². The predicted molar refractivity (Wildman–Crippen MR) is 57.9 cm³/mol. The zero-order chi connectivity index (χ0) is 10.7. The number of aryl methyl sites for hydroxylation is 1. The fourth-order valence-electron chi connectivity index (χ4n) is 1.10. The highest BCUT2D eigenvalue weighted by molar-refractivity contribution is 7.08. The Bertz CT molecular complexity index is 467. The van der Waals surface area contributed by atoms with Gasteiger partial charge in [0.2, 0.25) is 0 Å². The van der Waals surface area contributed by atoms with Crippen molar-refractivity contribution in [3.8, 4) is 0 Å². The molecule has 1 aromatic heterocycles. The fraction of sp³-hybridized carbons (Fsp3) is 0.100. The van der Waals surface area contributed by atoms with Gasteiger partial charge in [0, 0.05) is 5.69 Å². The van der Waals surface area contributed by atoms with Crippen LogP contribution in [0.5, 0.6) is 0 Å². The molecule has 4 nitrogen and oxygen atoms in total. The fourth-order valence-corrected chi connectivity index (χ4v) is 1.65. The smallest absolute Gasteiger partial charge is 0.269 e. The maximum Gasteiger partial charge on any atom is 0.269 e. The van der Waals surface area contributed by atoms with E-state index >= 15 is 0 Å². The third kappa shape index (κ3) is 2.19. The molecule has 0 aliphatic rings. The summed E-state index contributed by atoms with van der Waals surface area (Å²) in [6, 6.07) is 9.98. The van der Waals surface area contributed by atoms with Crippen LogP contribution in [0.25, 0.3) is 0 Å². The van der Waals surface area contributed by atoms with Crippen molar-refractivity contribution in [2.45, 2.75) is 6.92 Å². The van der Waals surface area contributed by atoms with E-state index in [-0.39, 0.29) is 5.91 Å². The first-order valence-corrected chi connectivity index (χ1v) is 5.11. The molecule has 0 saturated heterocycles. The Balaban J connectivity index is 2.15. The van der Waals surface area contributed by atoms with E-state index in [0.29, 0.717) is 10.6 Å². The van der Waals surface area contributed by atoms with Crippen molar-refractivity contribution in [2.24, 2.45) is 0 Å². The lowest BCUT2D eigenvalue weighted by molar-refractivity contribution is 0.103. The van der Waals surface area contributed by atoms with Crippen molar-refractivity contribution in [2.75, 3.05) is 5.32 Å². The summed E-state index contributed by atoms with van der Waals surface area (Å²) in [7, 11) is 0. The number of amides is 1. The molecular weight excluding hydrogens is 210 g/mol. The van der Waals surface area contributed by atoms with E-state index in [2.05, 4.69) is 21.0 Å². The lowest BCUT2D eigenvalue weighted by Crippen LogP contribution is -2.11. The van der Waals surface area contributed by atoms with Gasteiger partial charge in [-0.05, 0) is 36.7 Å². The number of benzene rings is 1. The van der Waals surface area contributed by atoms with Gasteiger partial charge < -0.3 is 5.32 Å². The van der Waals surface area contributed by atoms with Crippen molar-refractivity contribution in [3.05, 3.63) is 40.9 Å². The Labute approximate surface area is 91.1 Å². The van der Waals surface area contributed by atoms with Gasteiger partial charge in [0.1, 0.15) is 4.88 Å². The zero-order valence-corrected chi connectivity index (χ0v) is 8.84. The largest absolute Gasteiger partial charge is 0.321 e. The molecule has 0 saturated carbocycles. The Morgan fingerprint density at radius 2 is 2.47 bits per heavy atom. The topological polar surface area (TPSA) is 54.9 Å². The van der Waals surface area contributed by atoms with E-state index < -0.39 is 0 Å². The second kappa shape index (κ2) is 4.18. The van der Waals surface area contributed by atoms with Gasteiger partial charge in [0.05, 0.1) is 5.69 Å². The summed E-state index contributed by atoms with van der Waals surface area (Å²) in [5, 5.41) is 6.52. The zero-order valence-electron chi connectivity index (χ0n) is 8.02. The Morgan fingerprint density at radius 3 is 3.07 bits per heavy atom. The van der Waals surface area contributed by atoms with Crippen molar-refractivity contribution in [1.29, 1.82) is 0 Å². The van der Waals surface area contributed by atoms with Crippen molar-refractivity contribution in [3.63, 3.8) is 0 Å². The highest BCUT2D eigenvalue weighted by Gasteiger charge is 2.12. The van der Waals surface area contributed by atoms with Crippen molar-refractivity contribution in [1.82, 2.24) is 9.59 Å². The number of hydrogen-bond acceptors (Lipinski definition) is 4. The SMILES string of the molecule is Cc1nnsc1C(=O)Nc1c[c]ccc1. The number of nitrogens with one attached hydrogen (secondary N) is 1. The van der Waals surface area contributed by atoms with Gasteiger partial charge in [-0.15, -0.1) is 5.10 Å². The lowest BCUT2D eigenvalue weighted by atomic mass is 10.3. The monoisotopic (exact) mass is 218 g/mol. The van der Waals surface area contributed by atoms with E-state index in [1.807, 2.05) is 6.07 Å². The highest BCUT2D eigenvalue weighted by atomic mass is 32.1. The quantitative estimate of drug-likeness (QED) is 0.837. The molecule has 0 bridgehead atoms. The van der Waals surface area contributed by atoms with E-state index in [4.69, 9.17) is 0 Å². The van der Waals surface area contributed by atoms with Crippen LogP contribution in [0.1, 0.15) is 15.4 Å². The van der Waals surface area contributed by atoms with Crippen molar-refractivity contribution >= 4 is 23.1 Å². The first-order chi connectivity index (χ1) is 7.27. The summed E-state index contributed by atoms with van der Waals surface area (Å²) in [6.07, 6.45) is 0. The number of nitrogens with zero attached hydrogens (tertiary/aromatic N) is 2. The van der Waals surface area contributed by atoms with Gasteiger partial charge in [-0.2, -0.15) is 0 Å². The summed E-state index contributed by atoms with van der Waals surface area (Å²) in [5.74, 6) is -0.179. The van der Waals surface area contributed by atoms with Gasteiger partial charge in [-0.3, -0.25) is 4.79 Å². The first kappa shape index (κ1) is 9.79. The van der Waals surface area contributed by atoms with E-state index in [0.717, 1.165) is 17.2 Å². The van der Waals surface area contributed by atoms with Gasteiger partial charge in [0.25, 0.3) is 5.91 Å². The van der Waals surface area contributed by atoms with Crippen LogP contribution >= 0.6 is 11.5 Å². The maximum atomic E-state index is 11.7. The summed E-state index contributed by atoms with van der Waals surface area (Å²) < 4.78 is 3.71. The molecule has 0 unspecified atom stereocenters. The molecule has 0 atom stereocenters. The van der Waals surface area contributed by atoms with Gasteiger partial charge >= 0.3 is 0 Å². The summed E-state index contributed by atoms with van der Waals surface area (Å²) in [5.41, 5.74) is 1.37. The molecule has 75 valence electrons. The molecule has 1 N–H and O–H groups in total. The second-order valence-electron chi connectivity index (χ2n) is 2.93. The van der Waals surface area contributed by atoms with Gasteiger partial charge in [-0.1, -0.05) is 16.6 Å². The number of carbonyl (C=O) groups is 1. The average Bonchev–Trinajstić information content (AvgIpc) is 2.66. The highest BCUT2D eigenvalue weighted by Crippen LogP contribution is 2.12. The maximum absolute atomic E-state index is 11.7. The van der Waals surface area contributed by atoms with E-state index in [1.54, 1.807) is 25.1 Å². The lowest BCUT2D eigenvalue weighted by Gasteiger charge is -2.01. The van der Waals surface area contributed by atoms with Crippen LogP contribution in [-0.2, 0) is 0 Å². The third-order valence-corrected chi connectivity index (χ3v) is 2.65. The van der Waals surface area contributed by atoms with Crippen LogP contribution in [0.3, 0.4) is 0 Å². The Morgan fingerprint density at radius 1 is 1.60 bits per heavy atom. The minimum atomic E-state index is -0.179. The Kier molecular flexibility index (Phi) is 2.73. The molecule has 0 fully saturated rings. The molecule has 5 heteroatoms. The number of anilines is 1. The summed E-state index contributed by atoms with van der Waals surface area (Å²) in [4.78, 5) is 12.2. The van der Waals surface area contributed by atoms with Crippen LogP contribution in [0.15, 0.2) is 24.3 Å². The molecule has 0 aliphatic carbocycles. The molecule has 2 rings (SSSR count). The minimum absolute atomic E-state index is 0.179. The molecule has 1 amide bonds. The minimum Gasteiger partial charge on any atom is -0.321 e. The van der Waals surface area contributed by atoms with E-state index in [9.17, 15) is 4.79 Å². The van der Waals surface area contributed by atoms with Crippen LogP contribution in [0.2, 0.25) is 0 Å². The molecule has 1 aromatic carbocycles. The molecule has 0 aliphatic heterocycles. The van der Waals surface area contributed by atoms with E-state index in [1.165, 1.54) is 0 Å². The van der Waals surface area contributed by atoms with Gasteiger partial charge in [-0.25, -0.2) is 0 Å². The second-order valence-corrected chi connectivity index (χ2v) is 3.69. The molecule has 15 heavy (non-hydrogen) atoms. The average molecular weight is 218 g/mol. The van der Waals surface area contributed by atoms with Crippen LogP contribution < -0.4 is 5.32 Å². The molecule has 2 aromatic rings. The normalized spacial score (nSPS) is 9.93. The standard InChI is InChI=1S/C10H8N3OS/c1-7-9(15-13-12-7)10(14)11-8-5-3-2-4-6-8/h2-3,5-6H,1H3,(H,11,14). The summed E-state index contributed by atoms with van der Waals surface area (Å²) in [6.45, 7) is 1.76. The van der Waals surface area contributed by atoms with Gasteiger partial charge in [0.15, 0.2) is 0 Å². The molecular formula is C10H8N3OS. The Hall–Kier alpha value is -1.75. The number of carbonyl (C=O) groups excluding carboxylic acids is 1. The van der Waals surface area contributed by atoms with Crippen LogP contribution in [-0.4, -0.2) is 15.5 Å². The number of hydrogen-bond donors (Lipinski definition) is 1. The molecule has 1 radical (unpaired) electrons. The molecule has 1 heterocycles. The predicted octanol–water partition coefficient (Wildman–Crippen LogP) is 1.90. The van der Waals surface area contributed by atoms with Crippen LogP contribution in [0.4, 0.5) is 5.69 Å². The van der Waals surface area contributed by atoms with Crippen molar-refractivity contribution < 1.29 is 4.79 Å². The summed E-state index contributed by atoms with van der Waals surface area (Å²) >= 11 is 1.09. The third-order valence-electron chi connectivity index (χ3n) is 1.82. The molecule has 0 spiro atoms. The first-order valence-electron chi connectivity index (χ1n) is 4.34. The number of aromatic nitrogens is 2.